The van der Waals surface area contributed by atoms with Gasteiger partial charge in [-0.3, -0.25) is 9.78 Å². The number of hydrogen-bond acceptors (Lipinski definition) is 4. The van der Waals surface area contributed by atoms with Crippen molar-refractivity contribution in [3.63, 3.8) is 0 Å². The number of hydrogen-bond donors (Lipinski definition) is 2. The van der Waals surface area contributed by atoms with Crippen LogP contribution in [0.1, 0.15) is 16.7 Å². The van der Waals surface area contributed by atoms with Crippen LogP contribution < -0.4 is 15.6 Å². The van der Waals surface area contributed by atoms with Gasteiger partial charge in [-0.2, -0.15) is 0 Å². The summed E-state index contributed by atoms with van der Waals surface area (Å²) in [5.74, 6) is 0.557. The quantitative estimate of drug-likeness (QED) is 0.474. The number of carbonyl (C=O) groups is 1. The number of methoxy groups -OCH3 is 1. The molecule has 4 rings (SSSR count). The van der Waals surface area contributed by atoms with E-state index in [1.54, 1.807) is 36.5 Å². The fourth-order valence-corrected chi connectivity index (χ4v) is 3.55. The number of para-hydroxylation sites is 2. The molecular formula is C25H24N4O3. The number of aryl methyl sites for hydroxylation is 1. The van der Waals surface area contributed by atoms with Crippen LogP contribution in [-0.2, 0) is 13.1 Å². The van der Waals surface area contributed by atoms with Crippen LogP contribution in [0.5, 0.6) is 5.75 Å². The van der Waals surface area contributed by atoms with E-state index >= 15 is 0 Å². The van der Waals surface area contributed by atoms with Crippen molar-refractivity contribution in [2.45, 2.75) is 20.0 Å². The minimum atomic E-state index is -0.345. The molecule has 4 aromatic rings. The largest absolute Gasteiger partial charge is 0.495 e. The van der Waals surface area contributed by atoms with Crippen molar-refractivity contribution in [2.75, 3.05) is 12.4 Å². The number of fused-ring (bicyclic) bond motifs is 1. The molecule has 0 atom stereocenters. The Morgan fingerprint density at radius 2 is 1.94 bits per heavy atom. The van der Waals surface area contributed by atoms with Crippen LogP contribution in [0.2, 0.25) is 0 Å². The minimum absolute atomic E-state index is 0.134. The van der Waals surface area contributed by atoms with E-state index in [-0.39, 0.29) is 18.1 Å². The van der Waals surface area contributed by atoms with E-state index in [9.17, 15) is 9.59 Å². The lowest BCUT2D eigenvalue weighted by Gasteiger charge is -2.23. The molecule has 0 aliphatic heterocycles. The van der Waals surface area contributed by atoms with Crippen molar-refractivity contribution in [2.24, 2.45) is 0 Å². The van der Waals surface area contributed by atoms with E-state index in [0.29, 0.717) is 23.5 Å². The lowest BCUT2D eigenvalue weighted by molar-refractivity contribution is 0.206. The molecule has 32 heavy (non-hydrogen) atoms. The Hall–Kier alpha value is -4.13. The molecule has 2 heterocycles. The first kappa shape index (κ1) is 21.1. The predicted molar refractivity (Wildman–Crippen MR) is 125 cm³/mol. The second-order valence-electron chi connectivity index (χ2n) is 7.56. The molecule has 162 valence electrons. The lowest BCUT2D eigenvalue weighted by atomic mass is 10.1. The third-order valence-corrected chi connectivity index (χ3v) is 5.17. The molecule has 0 fully saturated rings. The first-order chi connectivity index (χ1) is 15.5. The molecule has 2 aromatic carbocycles. The highest BCUT2D eigenvalue weighted by Gasteiger charge is 2.18. The van der Waals surface area contributed by atoms with Crippen molar-refractivity contribution in [1.82, 2.24) is 14.9 Å². The smallest absolute Gasteiger partial charge is 0.322 e. The third kappa shape index (κ3) is 4.78. The number of ether oxygens (including phenoxy) is 1. The zero-order valence-corrected chi connectivity index (χ0v) is 18.0. The van der Waals surface area contributed by atoms with Gasteiger partial charge >= 0.3 is 6.03 Å². The van der Waals surface area contributed by atoms with Gasteiger partial charge in [0.25, 0.3) is 5.56 Å². The molecule has 0 aliphatic carbocycles. The first-order valence-electron chi connectivity index (χ1n) is 10.2. The van der Waals surface area contributed by atoms with E-state index < -0.39 is 0 Å². The number of aromatic nitrogens is 2. The Bertz CT molecular complexity index is 1300. The fraction of sp³-hybridized carbons (Fsp3) is 0.160. The molecule has 2 aromatic heterocycles. The number of anilines is 1. The summed E-state index contributed by atoms with van der Waals surface area (Å²) in [5.41, 5.74) is 3.55. The summed E-state index contributed by atoms with van der Waals surface area (Å²) in [4.78, 5) is 34.6. The molecule has 0 aliphatic rings. The van der Waals surface area contributed by atoms with E-state index in [1.165, 1.54) is 0 Å². The Kier molecular flexibility index (Phi) is 6.17. The number of aromatic amines is 1. The molecule has 0 radical (unpaired) electrons. The van der Waals surface area contributed by atoms with Crippen molar-refractivity contribution >= 4 is 22.6 Å². The molecule has 7 nitrogen and oxygen atoms in total. The summed E-state index contributed by atoms with van der Waals surface area (Å²) in [7, 11) is 1.55. The first-order valence-corrected chi connectivity index (χ1v) is 10.2. The van der Waals surface area contributed by atoms with Crippen molar-refractivity contribution in [1.29, 1.82) is 0 Å². The Labute approximate surface area is 185 Å². The van der Waals surface area contributed by atoms with Gasteiger partial charge in [0.05, 0.1) is 19.3 Å². The summed E-state index contributed by atoms with van der Waals surface area (Å²) >= 11 is 0. The fourth-order valence-electron chi connectivity index (χ4n) is 3.55. The van der Waals surface area contributed by atoms with Gasteiger partial charge in [0, 0.05) is 30.0 Å². The molecule has 7 heteroatoms. The van der Waals surface area contributed by atoms with E-state index in [0.717, 1.165) is 22.0 Å². The maximum absolute atomic E-state index is 13.2. The average molecular weight is 428 g/mol. The minimum Gasteiger partial charge on any atom is -0.495 e. The zero-order valence-electron chi connectivity index (χ0n) is 18.0. The summed E-state index contributed by atoms with van der Waals surface area (Å²) < 4.78 is 5.34. The number of rotatable bonds is 6. The van der Waals surface area contributed by atoms with Crippen molar-refractivity contribution in [3.05, 3.63) is 100 Å². The van der Waals surface area contributed by atoms with Crippen LogP contribution in [0.4, 0.5) is 10.5 Å². The van der Waals surface area contributed by atoms with E-state index in [4.69, 9.17) is 4.74 Å². The molecular weight excluding hydrogens is 404 g/mol. The normalized spacial score (nSPS) is 10.7. The number of urea groups is 1. The van der Waals surface area contributed by atoms with Crippen LogP contribution in [0.3, 0.4) is 0 Å². The monoisotopic (exact) mass is 428 g/mol. The number of H-pyrrole nitrogens is 1. The maximum Gasteiger partial charge on any atom is 0.322 e. The van der Waals surface area contributed by atoms with Crippen LogP contribution in [0.15, 0.2) is 77.9 Å². The van der Waals surface area contributed by atoms with Gasteiger partial charge in [0.2, 0.25) is 0 Å². The van der Waals surface area contributed by atoms with Gasteiger partial charge in [-0.25, -0.2) is 4.79 Å². The Balaban J connectivity index is 1.66. The second-order valence-corrected chi connectivity index (χ2v) is 7.56. The molecule has 0 spiro atoms. The van der Waals surface area contributed by atoms with Gasteiger partial charge in [-0.1, -0.05) is 29.8 Å². The van der Waals surface area contributed by atoms with Crippen LogP contribution >= 0.6 is 0 Å². The summed E-state index contributed by atoms with van der Waals surface area (Å²) in [6.07, 6.45) is 3.39. The number of nitrogens with one attached hydrogen (secondary N) is 2. The highest BCUT2D eigenvalue weighted by atomic mass is 16.5. The number of carbonyl (C=O) groups excluding carboxylic acids is 1. The summed E-state index contributed by atoms with van der Waals surface area (Å²) in [6.45, 7) is 2.43. The number of amides is 2. The van der Waals surface area contributed by atoms with Gasteiger partial charge in [-0.05, 0) is 54.3 Å². The number of benzene rings is 2. The van der Waals surface area contributed by atoms with Crippen LogP contribution in [-0.4, -0.2) is 28.0 Å². The predicted octanol–water partition coefficient (Wildman–Crippen LogP) is 4.47. The van der Waals surface area contributed by atoms with Gasteiger partial charge in [0.1, 0.15) is 5.75 Å². The van der Waals surface area contributed by atoms with Gasteiger partial charge in [0.15, 0.2) is 0 Å². The molecule has 0 bridgehead atoms. The van der Waals surface area contributed by atoms with Crippen molar-refractivity contribution in [3.8, 4) is 5.75 Å². The summed E-state index contributed by atoms with van der Waals surface area (Å²) in [5, 5.41) is 3.82. The summed E-state index contributed by atoms with van der Waals surface area (Å²) in [6, 6.07) is 18.2. The molecule has 0 saturated carbocycles. The SMILES string of the molecule is COc1ccccc1NC(=O)N(Cc1cccnc1)Cc1cc2cc(C)ccc2[nH]c1=O. The van der Waals surface area contributed by atoms with E-state index in [2.05, 4.69) is 15.3 Å². The van der Waals surface area contributed by atoms with Crippen LogP contribution in [0.25, 0.3) is 10.9 Å². The zero-order chi connectivity index (χ0) is 22.5. The highest BCUT2D eigenvalue weighted by molar-refractivity contribution is 5.91. The number of pyridine rings is 2. The van der Waals surface area contributed by atoms with Gasteiger partial charge in [-0.15, -0.1) is 0 Å². The van der Waals surface area contributed by atoms with Crippen LogP contribution in [0, 0.1) is 6.92 Å². The molecule has 0 saturated heterocycles. The number of nitrogens with zero attached hydrogens (tertiary/aromatic N) is 2. The topological polar surface area (TPSA) is 87.3 Å². The van der Waals surface area contributed by atoms with Gasteiger partial charge < -0.3 is 19.9 Å². The third-order valence-electron chi connectivity index (χ3n) is 5.17. The standard InChI is InChI=1S/C25H24N4O3/c1-17-9-10-21-19(12-17)13-20(24(30)27-21)16-29(15-18-6-5-11-26-14-18)25(31)28-22-7-3-4-8-23(22)32-2/h3-14H,15-16H2,1-2H3,(H,27,30)(H,28,31). The molecule has 2 amide bonds. The molecule has 0 unspecified atom stereocenters. The maximum atomic E-state index is 13.2. The average Bonchev–Trinajstić information content (AvgIpc) is 2.80. The Morgan fingerprint density at radius 1 is 1.09 bits per heavy atom. The second kappa shape index (κ2) is 9.34. The van der Waals surface area contributed by atoms with Crippen molar-refractivity contribution < 1.29 is 9.53 Å². The molecule has 2 N–H and O–H groups in total. The Morgan fingerprint density at radius 3 is 2.72 bits per heavy atom. The van der Waals surface area contributed by atoms with E-state index in [1.807, 2.05) is 55.5 Å². The highest BCUT2D eigenvalue weighted by Crippen LogP contribution is 2.24. The lowest BCUT2D eigenvalue weighted by Crippen LogP contribution is -2.35.